The Bertz CT molecular complexity index is 818. The van der Waals surface area contributed by atoms with Crippen LogP contribution in [0.5, 0.6) is 17.2 Å². The molecule has 2 rings (SSSR count). The van der Waals surface area contributed by atoms with Crippen LogP contribution in [0.1, 0.15) is 19.4 Å². The molecule has 0 saturated carbocycles. The van der Waals surface area contributed by atoms with Crippen molar-refractivity contribution in [3.8, 4) is 17.2 Å². The van der Waals surface area contributed by atoms with Gasteiger partial charge in [0.15, 0.2) is 11.5 Å². The second-order valence-corrected chi connectivity index (χ2v) is 7.63. The van der Waals surface area contributed by atoms with Gasteiger partial charge < -0.3 is 14.2 Å². The number of benzene rings is 2. The maximum Gasteiger partial charge on any atom is 0.243 e. The van der Waals surface area contributed by atoms with E-state index in [0.717, 1.165) is 11.3 Å². The van der Waals surface area contributed by atoms with Crippen LogP contribution in [0.4, 0.5) is 0 Å². The van der Waals surface area contributed by atoms with Crippen molar-refractivity contribution < 1.29 is 22.6 Å². The molecule has 2 aromatic rings. The lowest BCUT2D eigenvalue weighted by Crippen LogP contribution is -2.26. The monoisotopic (exact) mass is 379 g/mol. The van der Waals surface area contributed by atoms with Crippen molar-refractivity contribution in [3.63, 3.8) is 0 Å². The van der Waals surface area contributed by atoms with Crippen LogP contribution in [0.25, 0.3) is 0 Å². The molecule has 0 amide bonds. The lowest BCUT2D eigenvalue weighted by Gasteiger charge is -2.19. The minimum absolute atomic E-state index is 0.167. The lowest BCUT2D eigenvalue weighted by atomic mass is 10.2. The van der Waals surface area contributed by atoms with Gasteiger partial charge in [0.1, 0.15) is 5.75 Å². The molecule has 26 heavy (non-hydrogen) atoms. The minimum atomic E-state index is -3.66. The molecule has 0 unspecified atom stereocenters. The van der Waals surface area contributed by atoms with Crippen LogP contribution in [0.2, 0.25) is 0 Å². The third-order valence-electron chi connectivity index (χ3n) is 3.79. The molecule has 0 aromatic heterocycles. The molecular weight excluding hydrogens is 354 g/mol. The van der Waals surface area contributed by atoms with Gasteiger partial charge in [-0.3, -0.25) is 0 Å². The van der Waals surface area contributed by atoms with Crippen LogP contribution in [0.15, 0.2) is 47.4 Å². The number of rotatable bonds is 9. The Kier molecular flexibility index (Phi) is 6.88. The highest BCUT2D eigenvalue weighted by molar-refractivity contribution is 7.89. The SMILES string of the molecule is CCOc1ccc(S(=O)(=O)N(C)Cc2ccc(OC)cc2)cc1OCC. The van der Waals surface area contributed by atoms with E-state index < -0.39 is 10.0 Å². The summed E-state index contributed by atoms with van der Waals surface area (Å²) < 4.78 is 43.2. The highest BCUT2D eigenvalue weighted by atomic mass is 32.2. The summed E-state index contributed by atoms with van der Waals surface area (Å²) in [5, 5.41) is 0. The highest BCUT2D eigenvalue weighted by Gasteiger charge is 2.23. The van der Waals surface area contributed by atoms with Crippen LogP contribution in [-0.4, -0.2) is 40.1 Å². The zero-order valence-corrected chi connectivity index (χ0v) is 16.4. The molecule has 0 bridgehead atoms. The summed E-state index contributed by atoms with van der Waals surface area (Å²) >= 11 is 0. The number of hydrogen-bond acceptors (Lipinski definition) is 5. The van der Waals surface area contributed by atoms with Gasteiger partial charge in [0.2, 0.25) is 10.0 Å². The first-order chi connectivity index (χ1) is 12.4. The predicted octanol–water partition coefficient (Wildman–Crippen LogP) is 3.31. The van der Waals surface area contributed by atoms with Gasteiger partial charge in [-0.05, 0) is 43.7 Å². The van der Waals surface area contributed by atoms with Crippen molar-refractivity contribution in [2.24, 2.45) is 0 Å². The molecule has 0 aliphatic rings. The lowest BCUT2D eigenvalue weighted by molar-refractivity contribution is 0.287. The van der Waals surface area contributed by atoms with Gasteiger partial charge in [-0.15, -0.1) is 0 Å². The summed E-state index contributed by atoms with van der Waals surface area (Å²) in [5.41, 5.74) is 0.868. The van der Waals surface area contributed by atoms with Gasteiger partial charge in [0.25, 0.3) is 0 Å². The fourth-order valence-corrected chi connectivity index (χ4v) is 3.62. The largest absolute Gasteiger partial charge is 0.497 e. The van der Waals surface area contributed by atoms with Crippen molar-refractivity contribution >= 4 is 10.0 Å². The Balaban J connectivity index is 2.25. The van der Waals surface area contributed by atoms with E-state index in [0.29, 0.717) is 24.7 Å². The molecule has 2 aromatic carbocycles. The fraction of sp³-hybridized carbons (Fsp3) is 0.368. The summed E-state index contributed by atoms with van der Waals surface area (Å²) in [6.07, 6.45) is 0. The molecule has 0 radical (unpaired) electrons. The van der Waals surface area contributed by atoms with Crippen molar-refractivity contribution in [3.05, 3.63) is 48.0 Å². The van der Waals surface area contributed by atoms with Gasteiger partial charge in [0, 0.05) is 19.7 Å². The summed E-state index contributed by atoms with van der Waals surface area (Å²) in [5.74, 6) is 1.69. The van der Waals surface area contributed by atoms with E-state index in [2.05, 4.69) is 0 Å². The van der Waals surface area contributed by atoms with E-state index in [1.54, 1.807) is 32.4 Å². The fourth-order valence-electron chi connectivity index (χ4n) is 2.44. The Morgan fingerprint density at radius 2 is 1.54 bits per heavy atom. The van der Waals surface area contributed by atoms with Crippen LogP contribution < -0.4 is 14.2 Å². The third kappa shape index (κ3) is 4.68. The van der Waals surface area contributed by atoms with Crippen LogP contribution in [-0.2, 0) is 16.6 Å². The zero-order valence-electron chi connectivity index (χ0n) is 15.6. The Labute approximate surface area is 155 Å². The summed E-state index contributed by atoms with van der Waals surface area (Å²) in [6.45, 7) is 4.86. The third-order valence-corrected chi connectivity index (χ3v) is 5.59. The molecule has 0 saturated heterocycles. The van der Waals surface area contributed by atoms with Crippen molar-refractivity contribution in [1.82, 2.24) is 4.31 Å². The van der Waals surface area contributed by atoms with Gasteiger partial charge in [-0.2, -0.15) is 4.31 Å². The van der Waals surface area contributed by atoms with E-state index in [1.165, 1.54) is 16.4 Å². The number of sulfonamides is 1. The quantitative estimate of drug-likeness (QED) is 0.669. The summed E-state index contributed by atoms with van der Waals surface area (Å²) in [4.78, 5) is 0.167. The second kappa shape index (κ2) is 8.91. The first kappa shape index (κ1) is 20.1. The molecule has 142 valence electrons. The molecule has 0 aliphatic carbocycles. The average Bonchev–Trinajstić information content (AvgIpc) is 2.64. The maximum atomic E-state index is 12.9. The molecule has 0 fully saturated rings. The topological polar surface area (TPSA) is 65.1 Å². The number of methoxy groups -OCH3 is 1. The number of ether oxygens (including phenoxy) is 3. The van der Waals surface area contributed by atoms with Crippen molar-refractivity contribution in [2.75, 3.05) is 27.4 Å². The maximum absolute atomic E-state index is 12.9. The second-order valence-electron chi connectivity index (χ2n) is 5.58. The van der Waals surface area contributed by atoms with Crippen LogP contribution >= 0.6 is 0 Å². The normalized spacial score (nSPS) is 11.4. The zero-order chi connectivity index (χ0) is 19.2. The van der Waals surface area contributed by atoms with E-state index in [9.17, 15) is 8.42 Å². The van der Waals surface area contributed by atoms with Gasteiger partial charge in [-0.25, -0.2) is 8.42 Å². The molecule has 7 heteroatoms. The minimum Gasteiger partial charge on any atom is -0.497 e. The predicted molar refractivity (Wildman–Crippen MR) is 100 cm³/mol. The molecular formula is C19H25NO5S. The first-order valence-electron chi connectivity index (χ1n) is 8.41. The smallest absolute Gasteiger partial charge is 0.243 e. The van der Waals surface area contributed by atoms with Gasteiger partial charge in [0.05, 0.1) is 25.2 Å². The molecule has 0 spiro atoms. The summed E-state index contributed by atoms with van der Waals surface area (Å²) in [7, 11) is -0.516. The number of nitrogens with zero attached hydrogens (tertiary/aromatic N) is 1. The molecule has 0 heterocycles. The van der Waals surface area contributed by atoms with Crippen LogP contribution in [0.3, 0.4) is 0 Å². The Hall–Kier alpha value is -2.25. The molecule has 0 N–H and O–H groups in total. The molecule has 6 nitrogen and oxygen atoms in total. The molecule has 0 aliphatic heterocycles. The van der Waals surface area contributed by atoms with E-state index in [4.69, 9.17) is 14.2 Å². The van der Waals surface area contributed by atoms with E-state index in [-0.39, 0.29) is 11.4 Å². The summed E-state index contributed by atoms with van der Waals surface area (Å²) in [6, 6.07) is 12.0. The molecule has 0 atom stereocenters. The standard InChI is InChI=1S/C19H25NO5S/c1-5-24-18-12-11-17(13-19(18)25-6-2)26(21,22)20(3)14-15-7-9-16(23-4)10-8-15/h7-13H,5-6,14H2,1-4H3. The van der Waals surface area contributed by atoms with E-state index in [1.807, 2.05) is 26.0 Å². The van der Waals surface area contributed by atoms with Crippen molar-refractivity contribution in [2.45, 2.75) is 25.3 Å². The average molecular weight is 379 g/mol. The van der Waals surface area contributed by atoms with Crippen LogP contribution in [0, 0.1) is 0 Å². The Morgan fingerprint density at radius 1 is 0.923 bits per heavy atom. The first-order valence-corrected chi connectivity index (χ1v) is 9.85. The van der Waals surface area contributed by atoms with Gasteiger partial charge in [-0.1, -0.05) is 12.1 Å². The van der Waals surface area contributed by atoms with Crippen molar-refractivity contribution in [1.29, 1.82) is 0 Å². The van der Waals surface area contributed by atoms with E-state index >= 15 is 0 Å². The van der Waals surface area contributed by atoms with Gasteiger partial charge >= 0.3 is 0 Å². The highest BCUT2D eigenvalue weighted by Crippen LogP contribution is 2.31. The Morgan fingerprint density at radius 3 is 2.12 bits per heavy atom. The number of hydrogen-bond donors (Lipinski definition) is 0.